The Morgan fingerprint density at radius 1 is 0.816 bits per heavy atom. The largest absolute Gasteiger partial charge is 0.497 e. The van der Waals surface area contributed by atoms with Gasteiger partial charge in [0.25, 0.3) is 5.91 Å². The van der Waals surface area contributed by atoms with Gasteiger partial charge in [0.1, 0.15) is 5.75 Å². The third kappa shape index (κ3) is 12.3. The highest BCUT2D eigenvalue weighted by Gasteiger charge is 2.19. The average molecular weight is 525 g/mol. The predicted octanol–water partition coefficient (Wildman–Crippen LogP) is 5.70. The van der Waals surface area contributed by atoms with Gasteiger partial charge in [0.2, 0.25) is 0 Å². The van der Waals surface area contributed by atoms with Crippen molar-refractivity contribution >= 4 is 17.8 Å². The van der Waals surface area contributed by atoms with Crippen molar-refractivity contribution in [3.05, 3.63) is 65.2 Å². The summed E-state index contributed by atoms with van der Waals surface area (Å²) in [5.74, 6) is -1.96. The normalized spacial score (nSPS) is 11.5. The van der Waals surface area contributed by atoms with E-state index in [4.69, 9.17) is 9.84 Å². The van der Waals surface area contributed by atoms with E-state index in [9.17, 15) is 14.4 Å². The highest BCUT2D eigenvalue weighted by Crippen LogP contribution is 2.16. The second-order valence-electron chi connectivity index (χ2n) is 9.87. The van der Waals surface area contributed by atoms with E-state index in [0.717, 1.165) is 24.0 Å². The molecule has 1 unspecified atom stereocenters. The first-order valence-electron chi connectivity index (χ1n) is 14.0. The number of nitrogens with one attached hydrogen (secondary N) is 2. The Balaban J connectivity index is 1.79. The van der Waals surface area contributed by atoms with E-state index in [2.05, 4.69) is 17.6 Å². The van der Waals surface area contributed by atoms with Gasteiger partial charge in [0, 0.05) is 18.2 Å². The molecule has 3 N–H and O–H groups in total. The van der Waals surface area contributed by atoms with Gasteiger partial charge >= 0.3 is 11.9 Å². The number of ether oxygens (including phenoxy) is 1. The van der Waals surface area contributed by atoms with Crippen LogP contribution in [0.2, 0.25) is 0 Å². The van der Waals surface area contributed by atoms with Crippen LogP contribution in [0.1, 0.15) is 92.6 Å². The summed E-state index contributed by atoms with van der Waals surface area (Å²) in [6.45, 7) is 2.91. The molecule has 2 aromatic carbocycles. The van der Waals surface area contributed by atoms with Gasteiger partial charge in [-0.15, -0.1) is 0 Å². The molecule has 1 atom stereocenters. The number of rotatable bonds is 18. The van der Waals surface area contributed by atoms with Crippen LogP contribution in [0.3, 0.4) is 0 Å². The lowest BCUT2D eigenvalue weighted by molar-refractivity contribution is -0.150. The SMILES string of the molecule is CCCCCCCCCCCCNC(=O)c1ccc(CC(Cc2cccc(OC)c2)NC(=O)C(=O)O)cc1. The lowest BCUT2D eigenvalue weighted by Crippen LogP contribution is -2.41. The van der Waals surface area contributed by atoms with Gasteiger partial charge < -0.3 is 20.5 Å². The number of aliphatic carboxylic acids is 1. The van der Waals surface area contributed by atoms with Crippen molar-refractivity contribution in [2.75, 3.05) is 13.7 Å². The minimum atomic E-state index is -1.52. The molecule has 0 saturated heterocycles. The van der Waals surface area contributed by atoms with Crippen molar-refractivity contribution in [2.24, 2.45) is 0 Å². The molecule has 0 aliphatic carbocycles. The second-order valence-corrected chi connectivity index (χ2v) is 9.87. The van der Waals surface area contributed by atoms with Crippen LogP contribution in [0.4, 0.5) is 0 Å². The number of carboxylic acid groups (broad SMARTS) is 1. The molecule has 2 amide bonds. The standard InChI is InChI=1S/C31H44N2O5/c1-3-4-5-6-7-8-9-10-11-12-20-32-29(34)26-18-16-24(17-19-26)21-27(33-30(35)31(36)37)22-25-14-13-15-28(23-25)38-2/h13-19,23,27H,3-12,20-22H2,1-2H3,(H,32,34)(H,33,35)(H,36,37). The Morgan fingerprint density at radius 2 is 1.42 bits per heavy atom. The van der Waals surface area contributed by atoms with Gasteiger partial charge in [-0.05, 0) is 54.7 Å². The summed E-state index contributed by atoms with van der Waals surface area (Å²) >= 11 is 0. The number of methoxy groups -OCH3 is 1. The van der Waals surface area contributed by atoms with Crippen LogP contribution >= 0.6 is 0 Å². The third-order valence-corrected chi connectivity index (χ3v) is 6.66. The van der Waals surface area contributed by atoms with E-state index in [1.54, 1.807) is 19.2 Å². The van der Waals surface area contributed by atoms with Crippen molar-refractivity contribution < 1.29 is 24.2 Å². The highest BCUT2D eigenvalue weighted by molar-refractivity contribution is 6.31. The number of hydrogen-bond acceptors (Lipinski definition) is 4. The van der Waals surface area contributed by atoms with Crippen molar-refractivity contribution in [1.29, 1.82) is 0 Å². The van der Waals surface area contributed by atoms with Crippen LogP contribution in [-0.4, -0.2) is 42.6 Å². The van der Waals surface area contributed by atoms with Crippen molar-refractivity contribution in [2.45, 2.75) is 90.0 Å². The Kier molecular flexibility index (Phi) is 14.6. The van der Waals surface area contributed by atoms with Crippen molar-refractivity contribution in [3.8, 4) is 5.75 Å². The van der Waals surface area contributed by atoms with Gasteiger partial charge in [0.15, 0.2) is 0 Å². The third-order valence-electron chi connectivity index (χ3n) is 6.66. The molecular weight excluding hydrogens is 480 g/mol. The highest BCUT2D eigenvalue weighted by atomic mass is 16.5. The Bertz CT molecular complexity index is 990. The smallest absolute Gasteiger partial charge is 0.394 e. The lowest BCUT2D eigenvalue weighted by Gasteiger charge is -2.18. The van der Waals surface area contributed by atoms with Crippen LogP contribution in [0.5, 0.6) is 5.75 Å². The summed E-state index contributed by atoms with van der Waals surface area (Å²) in [4.78, 5) is 35.5. The summed E-state index contributed by atoms with van der Waals surface area (Å²) in [6, 6.07) is 14.3. The molecule has 0 aliphatic rings. The zero-order chi connectivity index (χ0) is 27.6. The lowest BCUT2D eigenvalue weighted by atomic mass is 9.98. The molecule has 2 aromatic rings. The maximum absolute atomic E-state index is 12.5. The molecule has 0 spiro atoms. The summed E-state index contributed by atoms with van der Waals surface area (Å²) in [5, 5.41) is 14.6. The molecule has 0 bridgehead atoms. The molecular formula is C31H44N2O5. The molecule has 2 rings (SSSR count). The van der Waals surface area contributed by atoms with E-state index in [1.165, 1.54) is 51.4 Å². The van der Waals surface area contributed by atoms with Crippen molar-refractivity contribution in [1.82, 2.24) is 10.6 Å². The fourth-order valence-corrected chi connectivity index (χ4v) is 4.50. The zero-order valence-electron chi connectivity index (χ0n) is 23.0. The van der Waals surface area contributed by atoms with Crippen LogP contribution < -0.4 is 15.4 Å². The second kappa shape index (κ2) is 18.0. The first kappa shape index (κ1) is 30.9. The molecule has 0 saturated carbocycles. The Hall–Kier alpha value is -3.35. The molecule has 38 heavy (non-hydrogen) atoms. The topological polar surface area (TPSA) is 105 Å². The number of carbonyl (C=O) groups is 3. The fourth-order valence-electron chi connectivity index (χ4n) is 4.50. The summed E-state index contributed by atoms with van der Waals surface area (Å²) in [7, 11) is 1.58. The van der Waals surface area contributed by atoms with Crippen LogP contribution in [0, 0.1) is 0 Å². The number of carbonyl (C=O) groups excluding carboxylic acids is 2. The quantitative estimate of drug-likeness (QED) is 0.171. The fraction of sp³-hybridized carbons (Fsp3) is 0.516. The van der Waals surface area contributed by atoms with E-state index < -0.39 is 17.9 Å². The van der Waals surface area contributed by atoms with E-state index in [-0.39, 0.29) is 5.91 Å². The maximum Gasteiger partial charge on any atom is 0.394 e. The van der Waals surface area contributed by atoms with Gasteiger partial charge in [-0.1, -0.05) is 89.0 Å². The minimum Gasteiger partial charge on any atom is -0.497 e. The Morgan fingerprint density at radius 3 is 2.03 bits per heavy atom. The number of carboxylic acids is 1. The molecule has 0 radical (unpaired) electrons. The Labute approximate surface area is 227 Å². The number of benzene rings is 2. The molecule has 0 aliphatic heterocycles. The minimum absolute atomic E-state index is 0.0976. The first-order valence-corrected chi connectivity index (χ1v) is 14.0. The predicted molar refractivity (Wildman–Crippen MR) is 151 cm³/mol. The van der Waals surface area contributed by atoms with E-state index >= 15 is 0 Å². The van der Waals surface area contributed by atoms with Gasteiger partial charge in [-0.25, -0.2) is 4.79 Å². The molecule has 7 heteroatoms. The first-order chi connectivity index (χ1) is 18.4. The maximum atomic E-state index is 12.5. The number of hydrogen-bond donors (Lipinski definition) is 3. The summed E-state index contributed by atoms with van der Waals surface area (Å²) < 4.78 is 5.26. The van der Waals surface area contributed by atoms with E-state index in [1.807, 2.05) is 36.4 Å². The number of unbranched alkanes of at least 4 members (excludes halogenated alkanes) is 9. The van der Waals surface area contributed by atoms with Crippen LogP contribution in [0.15, 0.2) is 48.5 Å². The summed E-state index contributed by atoms with van der Waals surface area (Å²) in [5.41, 5.74) is 2.40. The van der Waals surface area contributed by atoms with Gasteiger partial charge in [-0.2, -0.15) is 0 Å². The van der Waals surface area contributed by atoms with Crippen molar-refractivity contribution in [3.63, 3.8) is 0 Å². The van der Waals surface area contributed by atoms with Crippen LogP contribution in [0.25, 0.3) is 0 Å². The van der Waals surface area contributed by atoms with Crippen LogP contribution in [-0.2, 0) is 22.4 Å². The molecule has 0 heterocycles. The van der Waals surface area contributed by atoms with Gasteiger partial charge in [0.05, 0.1) is 7.11 Å². The molecule has 0 aromatic heterocycles. The zero-order valence-corrected chi connectivity index (χ0v) is 23.0. The van der Waals surface area contributed by atoms with E-state index in [0.29, 0.717) is 30.7 Å². The molecule has 208 valence electrons. The monoisotopic (exact) mass is 524 g/mol. The summed E-state index contributed by atoms with van der Waals surface area (Å²) in [6.07, 6.45) is 13.4. The number of amides is 2. The molecule has 0 fully saturated rings. The molecule has 7 nitrogen and oxygen atoms in total. The van der Waals surface area contributed by atoms with Gasteiger partial charge in [-0.3, -0.25) is 9.59 Å². The average Bonchev–Trinajstić information content (AvgIpc) is 2.92.